The summed E-state index contributed by atoms with van der Waals surface area (Å²) in [6, 6.07) is 0. The number of carbonyl (C=O) groups is 3. The standard InChI is InChI=1S/C10H15NO5/c1-3-6-11(7-10(15)16-2)8(12)4-5-9(13)14/h4-5H,3,6-7H2,1-2H3,(H,13,14)/b5-4+. The highest BCUT2D eigenvalue weighted by Gasteiger charge is 2.14. The first-order valence-electron chi connectivity index (χ1n) is 4.78. The Bertz CT molecular complexity index is 298. The molecule has 1 N–H and O–H groups in total. The van der Waals surface area contributed by atoms with E-state index in [0.29, 0.717) is 13.0 Å². The lowest BCUT2D eigenvalue weighted by atomic mass is 10.3. The van der Waals surface area contributed by atoms with Gasteiger partial charge in [0.1, 0.15) is 6.54 Å². The molecule has 0 atom stereocenters. The number of rotatable bonds is 6. The Morgan fingerprint density at radius 3 is 2.38 bits per heavy atom. The van der Waals surface area contributed by atoms with Gasteiger partial charge in [-0.15, -0.1) is 0 Å². The van der Waals surface area contributed by atoms with Gasteiger partial charge < -0.3 is 14.7 Å². The summed E-state index contributed by atoms with van der Waals surface area (Å²) in [6.07, 6.45) is 2.33. The van der Waals surface area contributed by atoms with Crippen molar-refractivity contribution >= 4 is 17.8 Å². The predicted octanol–water partition coefficient (Wildman–Crippen LogP) is 0.0388. The van der Waals surface area contributed by atoms with Gasteiger partial charge in [-0.25, -0.2) is 4.79 Å². The average Bonchev–Trinajstić information content (AvgIpc) is 2.24. The lowest BCUT2D eigenvalue weighted by Crippen LogP contribution is -2.35. The Morgan fingerprint density at radius 1 is 1.31 bits per heavy atom. The molecule has 0 aromatic rings. The highest BCUT2D eigenvalue weighted by atomic mass is 16.5. The van der Waals surface area contributed by atoms with E-state index < -0.39 is 17.8 Å². The van der Waals surface area contributed by atoms with Crippen molar-refractivity contribution < 1.29 is 24.2 Å². The molecule has 0 aliphatic carbocycles. The van der Waals surface area contributed by atoms with Crippen LogP contribution in [0.15, 0.2) is 12.2 Å². The third kappa shape index (κ3) is 5.79. The van der Waals surface area contributed by atoms with Crippen LogP contribution in [0.1, 0.15) is 13.3 Å². The van der Waals surface area contributed by atoms with E-state index in [1.54, 1.807) is 0 Å². The van der Waals surface area contributed by atoms with Crippen LogP contribution in [0.2, 0.25) is 0 Å². The number of methoxy groups -OCH3 is 1. The smallest absolute Gasteiger partial charge is 0.328 e. The van der Waals surface area contributed by atoms with Gasteiger partial charge in [-0.2, -0.15) is 0 Å². The van der Waals surface area contributed by atoms with Crippen LogP contribution in [0.5, 0.6) is 0 Å². The van der Waals surface area contributed by atoms with Gasteiger partial charge in [-0.3, -0.25) is 9.59 Å². The van der Waals surface area contributed by atoms with Crippen molar-refractivity contribution in [3.63, 3.8) is 0 Å². The minimum atomic E-state index is -1.21. The Morgan fingerprint density at radius 2 is 1.94 bits per heavy atom. The van der Waals surface area contributed by atoms with E-state index in [-0.39, 0.29) is 6.54 Å². The van der Waals surface area contributed by atoms with Gasteiger partial charge in [-0.1, -0.05) is 6.92 Å². The molecule has 0 rings (SSSR count). The van der Waals surface area contributed by atoms with Crippen LogP contribution in [0, 0.1) is 0 Å². The van der Waals surface area contributed by atoms with Crippen LogP contribution in [0.4, 0.5) is 0 Å². The van der Waals surface area contributed by atoms with Crippen molar-refractivity contribution in [2.75, 3.05) is 20.2 Å². The Hall–Kier alpha value is -1.85. The van der Waals surface area contributed by atoms with Gasteiger partial charge in [-0.05, 0) is 6.42 Å². The number of amides is 1. The van der Waals surface area contributed by atoms with Crippen molar-refractivity contribution in [2.24, 2.45) is 0 Å². The summed E-state index contributed by atoms with van der Waals surface area (Å²) >= 11 is 0. The molecule has 0 spiro atoms. The molecule has 6 heteroatoms. The maximum atomic E-state index is 11.5. The fourth-order valence-electron chi connectivity index (χ4n) is 1.01. The Labute approximate surface area is 93.5 Å². The van der Waals surface area contributed by atoms with Gasteiger partial charge >= 0.3 is 11.9 Å². The zero-order valence-electron chi connectivity index (χ0n) is 9.30. The van der Waals surface area contributed by atoms with Crippen molar-refractivity contribution in [1.29, 1.82) is 0 Å². The summed E-state index contributed by atoms with van der Waals surface area (Å²) in [4.78, 5) is 33.9. The van der Waals surface area contributed by atoms with Crippen molar-refractivity contribution in [3.05, 3.63) is 12.2 Å². The van der Waals surface area contributed by atoms with Gasteiger partial charge in [0.25, 0.3) is 0 Å². The van der Waals surface area contributed by atoms with Crippen LogP contribution in [0.3, 0.4) is 0 Å². The summed E-state index contributed by atoms with van der Waals surface area (Å²) in [5.41, 5.74) is 0. The van der Waals surface area contributed by atoms with Crippen LogP contribution >= 0.6 is 0 Å². The molecule has 1 amide bonds. The lowest BCUT2D eigenvalue weighted by molar-refractivity contribution is -0.145. The number of aliphatic carboxylic acids is 1. The number of nitrogens with zero attached hydrogens (tertiary/aromatic N) is 1. The van der Waals surface area contributed by atoms with E-state index in [1.165, 1.54) is 12.0 Å². The molecule has 0 saturated heterocycles. The Balaban J connectivity index is 4.45. The molecule has 90 valence electrons. The van der Waals surface area contributed by atoms with E-state index in [0.717, 1.165) is 12.2 Å². The molecule has 0 saturated carbocycles. The minimum absolute atomic E-state index is 0.173. The molecule has 0 radical (unpaired) electrons. The third-order valence-corrected chi connectivity index (χ3v) is 1.72. The molecule has 0 heterocycles. The molecule has 0 fully saturated rings. The van der Waals surface area contributed by atoms with E-state index in [4.69, 9.17) is 5.11 Å². The zero-order valence-corrected chi connectivity index (χ0v) is 9.30. The summed E-state index contributed by atoms with van der Waals surface area (Å²) in [5, 5.41) is 8.35. The molecule has 0 aromatic carbocycles. The monoisotopic (exact) mass is 229 g/mol. The zero-order chi connectivity index (χ0) is 12.6. The summed E-state index contributed by atoms with van der Waals surface area (Å²) in [6.45, 7) is 2.05. The summed E-state index contributed by atoms with van der Waals surface area (Å²) < 4.78 is 4.43. The number of hydrogen-bond donors (Lipinski definition) is 1. The topological polar surface area (TPSA) is 83.9 Å². The van der Waals surface area contributed by atoms with Crippen molar-refractivity contribution in [2.45, 2.75) is 13.3 Å². The second kappa shape index (κ2) is 7.44. The van der Waals surface area contributed by atoms with Gasteiger partial charge in [0.05, 0.1) is 7.11 Å². The van der Waals surface area contributed by atoms with Gasteiger partial charge in [0.15, 0.2) is 0 Å². The number of carbonyl (C=O) groups excluding carboxylic acids is 2. The highest BCUT2D eigenvalue weighted by molar-refractivity contribution is 5.95. The summed E-state index contributed by atoms with van der Waals surface area (Å²) in [7, 11) is 1.23. The third-order valence-electron chi connectivity index (χ3n) is 1.72. The van der Waals surface area contributed by atoms with Crippen LogP contribution in [0.25, 0.3) is 0 Å². The van der Waals surface area contributed by atoms with E-state index in [9.17, 15) is 14.4 Å². The number of esters is 1. The van der Waals surface area contributed by atoms with Crippen LogP contribution in [-0.4, -0.2) is 48.1 Å². The fraction of sp³-hybridized carbons (Fsp3) is 0.500. The van der Waals surface area contributed by atoms with E-state index in [1.807, 2.05) is 6.92 Å². The maximum absolute atomic E-state index is 11.5. The van der Waals surface area contributed by atoms with Crippen LogP contribution in [-0.2, 0) is 19.1 Å². The van der Waals surface area contributed by atoms with Crippen LogP contribution < -0.4 is 0 Å². The molecule has 16 heavy (non-hydrogen) atoms. The molecule has 6 nitrogen and oxygen atoms in total. The molecule has 0 aliphatic rings. The maximum Gasteiger partial charge on any atom is 0.328 e. The number of hydrogen-bond acceptors (Lipinski definition) is 4. The SMILES string of the molecule is CCCN(CC(=O)OC)C(=O)/C=C/C(=O)O. The minimum Gasteiger partial charge on any atom is -0.478 e. The van der Waals surface area contributed by atoms with E-state index >= 15 is 0 Å². The lowest BCUT2D eigenvalue weighted by Gasteiger charge is -2.18. The first kappa shape index (κ1) is 14.2. The first-order valence-corrected chi connectivity index (χ1v) is 4.78. The average molecular weight is 229 g/mol. The predicted molar refractivity (Wildman–Crippen MR) is 55.7 cm³/mol. The van der Waals surface area contributed by atoms with E-state index in [2.05, 4.69) is 4.74 Å². The fourth-order valence-corrected chi connectivity index (χ4v) is 1.01. The highest BCUT2D eigenvalue weighted by Crippen LogP contribution is 1.95. The first-order chi connectivity index (χ1) is 7.51. The van der Waals surface area contributed by atoms with Gasteiger partial charge in [0.2, 0.25) is 5.91 Å². The molecule has 0 aromatic heterocycles. The second-order valence-corrected chi connectivity index (χ2v) is 3.01. The normalized spacial score (nSPS) is 10.1. The largest absolute Gasteiger partial charge is 0.478 e. The molecular weight excluding hydrogens is 214 g/mol. The van der Waals surface area contributed by atoms with Crippen molar-refractivity contribution in [1.82, 2.24) is 4.90 Å². The summed E-state index contributed by atoms with van der Waals surface area (Å²) in [5.74, 6) is -2.26. The van der Waals surface area contributed by atoms with Gasteiger partial charge in [0, 0.05) is 18.7 Å². The molecular formula is C10H15NO5. The number of carboxylic acids is 1. The molecule has 0 unspecified atom stereocenters. The second-order valence-electron chi connectivity index (χ2n) is 3.01. The number of ether oxygens (including phenoxy) is 1. The number of carboxylic acid groups (broad SMARTS) is 1. The van der Waals surface area contributed by atoms with Crippen molar-refractivity contribution in [3.8, 4) is 0 Å². The molecule has 0 aliphatic heterocycles. The molecule has 0 bridgehead atoms. The quantitative estimate of drug-likeness (QED) is 0.513. The Kier molecular flexibility index (Phi) is 6.58.